The highest BCUT2D eigenvalue weighted by Crippen LogP contribution is 2.30. The van der Waals surface area contributed by atoms with Gasteiger partial charge in [-0.2, -0.15) is 0 Å². The molecule has 3 heteroatoms. The number of amides is 1. The zero-order valence-electron chi connectivity index (χ0n) is 8.29. The van der Waals surface area contributed by atoms with E-state index in [2.05, 4.69) is 0 Å². The Morgan fingerprint density at radius 2 is 2.21 bits per heavy atom. The lowest BCUT2D eigenvalue weighted by molar-refractivity contribution is -0.117. The molecule has 1 aliphatic rings. The number of nitrogens with zero attached hydrogens (tertiary/aromatic N) is 1. The maximum atomic E-state index is 11.5. The second-order valence-corrected chi connectivity index (χ2v) is 3.66. The first-order valence-corrected chi connectivity index (χ1v) is 4.85. The SMILES string of the molecule is Cc1cccc(N)c1N1CCCC1=O. The van der Waals surface area contributed by atoms with Gasteiger partial charge in [-0.3, -0.25) is 4.79 Å². The van der Waals surface area contributed by atoms with Gasteiger partial charge < -0.3 is 10.6 Å². The highest BCUT2D eigenvalue weighted by atomic mass is 16.2. The largest absolute Gasteiger partial charge is 0.397 e. The lowest BCUT2D eigenvalue weighted by Gasteiger charge is -2.20. The molecule has 2 rings (SSSR count). The van der Waals surface area contributed by atoms with Gasteiger partial charge in [-0.1, -0.05) is 12.1 Å². The minimum Gasteiger partial charge on any atom is -0.397 e. The summed E-state index contributed by atoms with van der Waals surface area (Å²) in [4.78, 5) is 13.3. The predicted molar refractivity (Wildman–Crippen MR) is 57.2 cm³/mol. The van der Waals surface area contributed by atoms with Crippen LogP contribution in [0.4, 0.5) is 11.4 Å². The maximum Gasteiger partial charge on any atom is 0.227 e. The van der Waals surface area contributed by atoms with Crippen molar-refractivity contribution in [3.63, 3.8) is 0 Å². The summed E-state index contributed by atoms with van der Waals surface area (Å²) in [6.45, 7) is 2.78. The first-order valence-electron chi connectivity index (χ1n) is 4.85. The van der Waals surface area contributed by atoms with Gasteiger partial charge in [-0.05, 0) is 25.0 Å². The molecule has 1 aromatic rings. The van der Waals surface area contributed by atoms with Crippen LogP contribution in [0.2, 0.25) is 0 Å². The molecule has 1 heterocycles. The van der Waals surface area contributed by atoms with Gasteiger partial charge in [0.05, 0.1) is 11.4 Å². The fourth-order valence-electron chi connectivity index (χ4n) is 1.93. The van der Waals surface area contributed by atoms with Crippen LogP contribution in [0.1, 0.15) is 18.4 Å². The Balaban J connectivity index is 2.44. The minimum absolute atomic E-state index is 0.186. The van der Waals surface area contributed by atoms with Crippen LogP contribution in [-0.2, 0) is 4.79 Å². The molecule has 1 amide bonds. The average Bonchev–Trinajstić information content (AvgIpc) is 2.52. The van der Waals surface area contributed by atoms with E-state index in [9.17, 15) is 4.79 Å². The van der Waals surface area contributed by atoms with Crippen molar-refractivity contribution in [1.29, 1.82) is 0 Å². The maximum absolute atomic E-state index is 11.5. The molecule has 0 aliphatic carbocycles. The number of carbonyl (C=O) groups is 1. The first-order chi connectivity index (χ1) is 6.70. The molecule has 74 valence electrons. The van der Waals surface area contributed by atoms with Crippen molar-refractivity contribution >= 4 is 17.3 Å². The number of benzene rings is 1. The van der Waals surface area contributed by atoms with Crippen LogP contribution in [0.25, 0.3) is 0 Å². The van der Waals surface area contributed by atoms with Crippen LogP contribution in [0.3, 0.4) is 0 Å². The highest BCUT2D eigenvalue weighted by Gasteiger charge is 2.24. The summed E-state index contributed by atoms with van der Waals surface area (Å²) in [5, 5.41) is 0. The van der Waals surface area contributed by atoms with Crippen molar-refractivity contribution in [3.8, 4) is 0 Å². The molecule has 0 atom stereocenters. The van der Waals surface area contributed by atoms with E-state index in [-0.39, 0.29) is 5.91 Å². The molecule has 0 aromatic heterocycles. The van der Waals surface area contributed by atoms with Crippen molar-refractivity contribution in [1.82, 2.24) is 0 Å². The van der Waals surface area contributed by atoms with Gasteiger partial charge in [0, 0.05) is 13.0 Å². The number of hydrogen-bond acceptors (Lipinski definition) is 2. The number of hydrogen-bond donors (Lipinski definition) is 1. The van der Waals surface area contributed by atoms with Gasteiger partial charge in [0.15, 0.2) is 0 Å². The van der Waals surface area contributed by atoms with E-state index in [1.807, 2.05) is 25.1 Å². The molecule has 0 radical (unpaired) electrons. The molecule has 1 aliphatic heterocycles. The van der Waals surface area contributed by atoms with Crippen LogP contribution >= 0.6 is 0 Å². The van der Waals surface area contributed by atoms with E-state index in [0.29, 0.717) is 12.1 Å². The van der Waals surface area contributed by atoms with E-state index in [4.69, 9.17) is 5.73 Å². The summed E-state index contributed by atoms with van der Waals surface area (Å²) < 4.78 is 0. The zero-order chi connectivity index (χ0) is 10.1. The molecule has 1 saturated heterocycles. The van der Waals surface area contributed by atoms with Crippen molar-refractivity contribution in [2.45, 2.75) is 19.8 Å². The van der Waals surface area contributed by atoms with Crippen LogP contribution < -0.4 is 10.6 Å². The summed E-state index contributed by atoms with van der Waals surface area (Å²) in [6.07, 6.45) is 1.58. The summed E-state index contributed by atoms with van der Waals surface area (Å²) in [7, 11) is 0. The summed E-state index contributed by atoms with van der Waals surface area (Å²) in [6, 6.07) is 5.74. The zero-order valence-corrected chi connectivity index (χ0v) is 8.29. The lowest BCUT2D eigenvalue weighted by atomic mass is 10.1. The highest BCUT2D eigenvalue weighted by molar-refractivity contribution is 5.98. The molecular formula is C11H14N2O. The summed E-state index contributed by atoms with van der Waals surface area (Å²) >= 11 is 0. The second-order valence-electron chi connectivity index (χ2n) is 3.66. The van der Waals surface area contributed by atoms with Crippen LogP contribution in [0.15, 0.2) is 18.2 Å². The minimum atomic E-state index is 0.186. The Morgan fingerprint density at radius 3 is 2.79 bits per heavy atom. The molecule has 14 heavy (non-hydrogen) atoms. The van der Waals surface area contributed by atoms with Crippen molar-refractivity contribution in [2.75, 3.05) is 17.2 Å². The van der Waals surface area contributed by atoms with Crippen LogP contribution in [0.5, 0.6) is 0 Å². The Hall–Kier alpha value is -1.51. The Bertz CT molecular complexity index is 353. The van der Waals surface area contributed by atoms with Crippen molar-refractivity contribution in [2.24, 2.45) is 0 Å². The standard InChI is InChI=1S/C11H14N2O/c1-8-4-2-5-9(12)11(8)13-7-3-6-10(13)14/h2,4-5H,3,6-7,12H2,1H3. The van der Waals surface area contributed by atoms with Crippen molar-refractivity contribution < 1.29 is 4.79 Å². The first kappa shape index (κ1) is 9.06. The third-order valence-corrected chi connectivity index (χ3v) is 2.61. The molecule has 0 unspecified atom stereocenters. The molecular weight excluding hydrogens is 176 g/mol. The van der Waals surface area contributed by atoms with E-state index < -0.39 is 0 Å². The van der Waals surface area contributed by atoms with E-state index in [1.165, 1.54) is 0 Å². The van der Waals surface area contributed by atoms with Crippen LogP contribution in [0, 0.1) is 6.92 Å². The number of para-hydroxylation sites is 1. The Kier molecular flexibility index (Phi) is 2.15. The fourth-order valence-corrected chi connectivity index (χ4v) is 1.93. The Labute approximate surface area is 83.5 Å². The van der Waals surface area contributed by atoms with Gasteiger partial charge in [-0.15, -0.1) is 0 Å². The van der Waals surface area contributed by atoms with Gasteiger partial charge >= 0.3 is 0 Å². The number of aryl methyl sites for hydroxylation is 1. The van der Waals surface area contributed by atoms with E-state index in [1.54, 1.807) is 4.90 Å². The topological polar surface area (TPSA) is 46.3 Å². The van der Waals surface area contributed by atoms with Gasteiger partial charge in [0.2, 0.25) is 5.91 Å². The lowest BCUT2D eigenvalue weighted by Crippen LogP contribution is -2.25. The molecule has 2 N–H and O–H groups in total. The van der Waals surface area contributed by atoms with Crippen molar-refractivity contribution in [3.05, 3.63) is 23.8 Å². The number of rotatable bonds is 1. The number of nitrogen functional groups attached to an aromatic ring is 1. The van der Waals surface area contributed by atoms with E-state index in [0.717, 1.165) is 24.2 Å². The molecule has 0 saturated carbocycles. The second kappa shape index (κ2) is 3.33. The molecule has 0 spiro atoms. The average molecular weight is 190 g/mol. The predicted octanol–water partition coefficient (Wildman–Crippen LogP) is 1.70. The van der Waals surface area contributed by atoms with E-state index >= 15 is 0 Å². The van der Waals surface area contributed by atoms with Gasteiger partial charge in [-0.25, -0.2) is 0 Å². The number of nitrogens with two attached hydrogens (primary N) is 1. The monoisotopic (exact) mass is 190 g/mol. The molecule has 3 nitrogen and oxygen atoms in total. The van der Waals surface area contributed by atoms with Gasteiger partial charge in [0.1, 0.15) is 0 Å². The number of carbonyl (C=O) groups excluding carboxylic acids is 1. The number of anilines is 2. The third kappa shape index (κ3) is 1.35. The van der Waals surface area contributed by atoms with Crippen LogP contribution in [-0.4, -0.2) is 12.5 Å². The Morgan fingerprint density at radius 1 is 1.43 bits per heavy atom. The quantitative estimate of drug-likeness (QED) is 0.685. The molecule has 0 bridgehead atoms. The summed E-state index contributed by atoms with van der Waals surface area (Å²) in [5.41, 5.74) is 8.53. The van der Waals surface area contributed by atoms with Gasteiger partial charge in [0.25, 0.3) is 0 Å². The fraction of sp³-hybridized carbons (Fsp3) is 0.364. The summed E-state index contributed by atoms with van der Waals surface area (Å²) in [5.74, 6) is 0.186. The third-order valence-electron chi connectivity index (χ3n) is 2.61. The smallest absolute Gasteiger partial charge is 0.227 e. The molecule has 1 aromatic carbocycles. The molecule has 1 fully saturated rings. The normalized spacial score (nSPS) is 16.4.